The Morgan fingerprint density at radius 3 is 2.58 bits per heavy atom. The van der Waals surface area contributed by atoms with Crippen molar-refractivity contribution in [3.05, 3.63) is 10.6 Å². The first-order valence-corrected chi connectivity index (χ1v) is 7.61. The van der Waals surface area contributed by atoms with E-state index in [1.165, 1.54) is 0 Å². The van der Waals surface area contributed by atoms with Gasteiger partial charge in [0.15, 0.2) is 5.13 Å². The minimum Gasteiger partial charge on any atom is -0.391 e. The van der Waals surface area contributed by atoms with Crippen LogP contribution in [0.3, 0.4) is 0 Å². The maximum absolute atomic E-state index is 9.52. The summed E-state index contributed by atoms with van der Waals surface area (Å²) in [5, 5.41) is 10.5. The van der Waals surface area contributed by atoms with E-state index in [9.17, 15) is 5.11 Å². The zero-order chi connectivity index (χ0) is 14.2. The molecule has 1 N–H and O–H groups in total. The standard InChI is InChI=1S/C14H24N2O2S/c1-9-10(6-7-18-9)16(5)13-15-12(14(2,3)4)11(8-17)19-13/h9-10,17H,6-8H2,1-5H3. The first kappa shape index (κ1) is 14.8. The highest BCUT2D eigenvalue weighted by Gasteiger charge is 2.31. The monoisotopic (exact) mass is 284 g/mol. The van der Waals surface area contributed by atoms with E-state index in [0.717, 1.165) is 28.7 Å². The fourth-order valence-electron chi connectivity index (χ4n) is 2.55. The predicted molar refractivity (Wildman–Crippen MR) is 79.0 cm³/mol. The molecule has 19 heavy (non-hydrogen) atoms. The second kappa shape index (κ2) is 5.38. The highest BCUT2D eigenvalue weighted by Crippen LogP contribution is 2.35. The summed E-state index contributed by atoms with van der Waals surface area (Å²) in [4.78, 5) is 7.94. The first-order valence-electron chi connectivity index (χ1n) is 6.80. The summed E-state index contributed by atoms with van der Waals surface area (Å²) in [5.74, 6) is 0. The number of rotatable bonds is 3. The molecule has 0 bridgehead atoms. The van der Waals surface area contributed by atoms with Gasteiger partial charge in [0, 0.05) is 19.1 Å². The molecule has 1 aliphatic heterocycles. The Balaban J connectivity index is 2.28. The Labute approximate surface area is 119 Å². The number of nitrogens with zero attached hydrogens (tertiary/aromatic N) is 2. The molecule has 2 heterocycles. The van der Waals surface area contributed by atoms with Crippen molar-refractivity contribution in [2.24, 2.45) is 0 Å². The largest absolute Gasteiger partial charge is 0.391 e. The molecule has 2 atom stereocenters. The molecular weight excluding hydrogens is 260 g/mol. The molecule has 4 nitrogen and oxygen atoms in total. The number of likely N-dealkylation sites (N-methyl/N-ethyl adjacent to an activating group) is 1. The summed E-state index contributed by atoms with van der Waals surface area (Å²) < 4.78 is 5.62. The van der Waals surface area contributed by atoms with E-state index in [1.807, 2.05) is 0 Å². The molecule has 1 aliphatic rings. The number of thiazole rings is 1. The molecule has 0 saturated carbocycles. The van der Waals surface area contributed by atoms with Gasteiger partial charge in [0.2, 0.25) is 0 Å². The first-order chi connectivity index (χ1) is 8.84. The molecule has 1 saturated heterocycles. The van der Waals surface area contributed by atoms with Crippen molar-refractivity contribution in [2.75, 3.05) is 18.6 Å². The summed E-state index contributed by atoms with van der Waals surface area (Å²) >= 11 is 1.59. The van der Waals surface area contributed by atoms with E-state index in [2.05, 4.69) is 39.6 Å². The minimum absolute atomic E-state index is 0.0363. The summed E-state index contributed by atoms with van der Waals surface area (Å²) in [6.45, 7) is 9.39. The second-order valence-corrected chi connectivity index (χ2v) is 7.28. The fraction of sp³-hybridized carbons (Fsp3) is 0.786. The summed E-state index contributed by atoms with van der Waals surface area (Å²) in [7, 11) is 2.07. The fourth-order valence-corrected chi connectivity index (χ4v) is 3.70. The van der Waals surface area contributed by atoms with Crippen LogP contribution in [0.25, 0.3) is 0 Å². The lowest BCUT2D eigenvalue weighted by molar-refractivity contribution is 0.118. The van der Waals surface area contributed by atoms with Crippen molar-refractivity contribution in [3.8, 4) is 0 Å². The lowest BCUT2D eigenvalue weighted by Crippen LogP contribution is -2.36. The summed E-state index contributed by atoms with van der Waals surface area (Å²) in [6, 6.07) is 0.380. The summed E-state index contributed by atoms with van der Waals surface area (Å²) in [6.07, 6.45) is 1.28. The maximum atomic E-state index is 9.52. The number of aliphatic hydroxyl groups excluding tert-OH is 1. The highest BCUT2D eigenvalue weighted by atomic mass is 32.1. The van der Waals surface area contributed by atoms with Gasteiger partial charge in [-0.15, -0.1) is 0 Å². The van der Waals surface area contributed by atoms with Gasteiger partial charge in [0.25, 0.3) is 0 Å². The summed E-state index contributed by atoms with van der Waals surface area (Å²) in [5.41, 5.74) is 0.972. The van der Waals surface area contributed by atoms with Crippen LogP contribution >= 0.6 is 11.3 Å². The third-order valence-electron chi connectivity index (χ3n) is 3.68. The predicted octanol–water partition coefficient (Wildman–Crippen LogP) is 2.55. The van der Waals surface area contributed by atoms with Gasteiger partial charge in [-0.25, -0.2) is 4.98 Å². The van der Waals surface area contributed by atoms with Crippen molar-refractivity contribution in [3.63, 3.8) is 0 Å². The average molecular weight is 284 g/mol. The van der Waals surface area contributed by atoms with E-state index >= 15 is 0 Å². The van der Waals surface area contributed by atoms with Gasteiger partial charge in [0.05, 0.1) is 29.3 Å². The third-order valence-corrected chi connectivity index (χ3v) is 4.81. The van der Waals surface area contributed by atoms with E-state index in [0.29, 0.717) is 6.04 Å². The van der Waals surface area contributed by atoms with Crippen LogP contribution in [0.5, 0.6) is 0 Å². The van der Waals surface area contributed by atoms with Crippen LogP contribution in [0, 0.1) is 0 Å². The number of ether oxygens (including phenoxy) is 1. The van der Waals surface area contributed by atoms with Crippen molar-refractivity contribution in [2.45, 2.75) is 58.3 Å². The van der Waals surface area contributed by atoms with Crippen LogP contribution in [-0.4, -0.2) is 35.9 Å². The highest BCUT2D eigenvalue weighted by molar-refractivity contribution is 7.15. The topological polar surface area (TPSA) is 45.6 Å². The molecule has 0 aromatic carbocycles. The molecule has 1 fully saturated rings. The van der Waals surface area contributed by atoms with Crippen molar-refractivity contribution in [1.29, 1.82) is 0 Å². The Morgan fingerprint density at radius 2 is 2.16 bits per heavy atom. The lowest BCUT2D eigenvalue weighted by atomic mass is 9.91. The van der Waals surface area contributed by atoms with Crippen LogP contribution in [-0.2, 0) is 16.8 Å². The van der Waals surface area contributed by atoms with Gasteiger partial charge in [0.1, 0.15) is 0 Å². The van der Waals surface area contributed by atoms with Gasteiger partial charge < -0.3 is 14.7 Å². The molecule has 2 unspecified atom stereocenters. The molecule has 0 spiro atoms. The van der Waals surface area contributed by atoms with E-state index in [1.54, 1.807) is 11.3 Å². The SMILES string of the molecule is CC1OCCC1N(C)c1nc(C(C)(C)C)c(CO)s1. The van der Waals surface area contributed by atoms with Crippen LogP contribution in [0.4, 0.5) is 5.13 Å². The zero-order valence-electron chi connectivity index (χ0n) is 12.4. The number of aliphatic hydroxyl groups is 1. The molecule has 2 rings (SSSR count). The van der Waals surface area contributed by atoms with Gasteiger partial charge in [-0.05, 0) is 13.3 Å². The molecule has 1 aromatic heterocycles. The Kier molecular flexibility index (Phi) is 4.18. The van der Waals surface area contributed by atoms with Crippen molar-refractivity contribution >= 4 is 16.5 Å². The number of hydrogen-bond donors (Lipinski definition) is 1. The molecule has 5 heteroatoms. The average Bonchev–Trinajstić information content (AvgIpc) is 2.92. The van der Waals surface area contributed by atoms with Gasteiger partial charge in [-0.2, -0.15) is 0 Å². The van der Waals surface area contributed by atoms with Crippen LogP contribution in [0.1, 0.15) is 44.7 Å². The Morgan fingerprint density at radius 1 is 1.47 bits per heavy atom. The third kappa shape index (κ3) is 2.93. The number of hydrogen-bond acceptors (Lipinski definition) is 5. The lowest BCUT2D eigenvalue weighted by Gasteiger charge is -2.26. The second-order valence-electron chi connectivity index (χ2n) is 6.22. The molecular formula is C14H24N2O2S. The molecule has 0 radical (unpaired) electrons. The molecule has 0 amide bonds. The Hall–Kier alpha value is -0.650. The van der Waals surface area contributed by atoms with Gasteiger partial charge >= 0.3 is 0 Å². The van der Waals surface area contributed by atoms with Crippen LogP contribution in [0.15, 0.2) is 0 Å². The quantitative estimate of drug-likeness (QED) is 0.926. The number of anilines is 1. The van der Waals surface area contributed by atoms with Gasteiger partial charge in [-0.3, -0.25) is 0 Å². The number of aromatic nitrogens is 1. The smallest absolute Gasteiger partial charge is 0.185 e. The molecule has 108 valence electrons. The van der Waals surface area contributed by atoms with Crippen molar-refractivity contribution in [1.82, 2.24) is 4.98 Å². The van der Waals surface area contributed by atoms with E-state index < -0.39 is 0 Å². The van der Waals surface area contributed by atoms with Crippen LogP contribution in [0.2, 0.25) is 0 Å². The van der Waals surface area contributed by atoms with E-state index in [-0.39, 0.29) is 18.1 Å². The molecule has 0 aliphatic carbocycles. The Bertz CT molecular complexity index is 439. The minimum atomic E-state index is -0.0363. The maximum Gasteiger partial charge on any atom is 0.185 e. The normalized spacial score (nSPS) is 23.9. The van der Waals surface area contributed by atoms with E-state index in [4.69, 9.17) is 9.72 Å². The van der Waals surface area contributed by atoms with Gasteiger partial charge in [-0.1, -0.05) is 32.1 Å². The molecule has 1 aromatic rings. The van der Waals surface area contributed by atoms with Crippen LogP contribution < -0.4 is 4.90 Å². The zero-order valence-corrected chi connectivity index (χ0v) is 13.3. The van der Waals surface area contributed by atoms with Crippen molar-refractivity contribution < 1.29 is 9.84 Å².